The maximum Gasteiger partial charge on any atom is 0.196 e. The number of benzene rings is 1. The summed E-state index contributed by atoms with van der Waals surface area (Å²) in [6.07, 6.45) is 2.74. The first-order chi connectivity index (χ1) is 9.79. The Balaban J connectivity index is 2.00. The van der Waals surface area contributed by atoms with Gasteiger partial charge in [-0.3, -0.25) is 4.79 Å². The van der Waals surface area contributed by atoms with Crippen LogP contribution < -0.4 is 4.74 Å². The van der Waals surface area contributed by atoms with Gasteiger partial charge in [-0.1, -0.05) is 6.92 Å². The second kappa shape index (κ2) is 5.51. The lowest BCUT2D eigenvalue weighted by Crippen LogP contribution is -1.98. The number of H-pyrrole nitrogens is 1. The molecule has 0 fully saturated rings. The van der Waals surface area contributed by atoms with Gasteiger partial charge in [0, 0.05) is 33.6 Å². The number of carbonyl (C=O) groups is 1. The number of carbonyl (C=O) groups excluding carboxylic acids is 1. The predicted molar refractivity (Wildman–Crippen MR) is 81.8 cm³/mol. The van der Waals surface area contributed by atoms with Crippen molar-refractivity contribution in [3.8, 4) is 5.75 Å². The van der Waals surface area contributed by atoms with E-state index in [1.54, 1.807) is 6.20 Å². The molecule has 0 unspecified atom stereocenters. The Kier molecular flexibility index (Phi) is 3.56. The van der Waals surface area contributed by atoms with Crippen molar-refractivity contribution < 1.29 is 9.53 Å². The van der Waals surface area contributed by atoms with Gasteiger partial charge in [0.2, 0.25) is 0 Å². The monoisotopic (exact) mass is 285 g/mol. The van der Waals surface area contributed by atoms with Crippen LogP contribution >= 0.6 is 11.3 Å². The zero-order valence-electron chi connectivity index (χ0n) is 11.2. The summed E-state index contributed by atoms with van der Waals surface area (Å²) < 4.78 is 5.63. The quantitative estimate of drug-likeness (QED) is 0.712. The Morgan fingerprint density at radius 2 is 2.25 bits per heavy atom. The minimum atomic E-state index is 0.0464. The van der Waals surface area contributed by atoms with Gasteiger partial charge in [-0.15, -0.1) is 0 Å². The zero-order valence-corrected chi connectivity index (χ0v) is 12.0. The van der Waals surface area contributed by atoms with Gasteiger partial charge in [-0.25, -0.2) is 0 Å². The smallest absolute Gasteiger partial charge is 0.196 e. The summed E-state index contributed by atoms with van der Waals surface area (Å²) in [5.74, 6) is 0.850. The first-order valence-electron chi connectivity index (χ1n) is 6.60. The molecule has 0 radical (unpaired) electrons. The first-order valence-corrected chi connectivity index (χ1v) is 7.54. The van der Waals surface area contributed by atoms with Crippen LogP contribution in [0.5, 0.6) is 5.75 Å². The molecule has 3 rings (SSSR count). The Bertz CT molecular complexity index is 728. The molecule has 0 saturated carbocycles. The largest absolute Gasteiger partial charge is 0.494 e. The van der Waals surface area contributed by atoms with Crippen molar-refractivity contribution >= 4 is 28.0 Å². The Hall–Kier alpha value is -2.07. The minimum Gasteiger partial charge on any atom is -0.494 e. The number of thiophene rings is 1. The topological polar surface area (TPSA) is 42.1 Å². The molecule has 0 saturated heterocycles. The maximum atomic E-state index is 12.5. The van der Waals surface area contributed by atoms with E-state index in [1.165, 1.54) is 11.3 Å². The molecule has 0 aliphatic heterocycles. The summed E-state index contributed by atoms with van der Waals surface area (Å²) in [5.41, 5.74) is 2.38. The summed E-state index contributed by atoms with van der Waals surface area (Å²) in [6.45, 7) is 2.75. The maximum absolute atomic E-state index is 12.5. The van der Waals surface area contributed by atoms with Crippen molar-refractivity contribution in [3.63, 3.8) is 0 Å². The van der Waals surface area contributed by atoms with Crippen molar-refractivity contribution in [2.75, 3.05) is 6.61 Å². The predicted octanol–water partition coefficient (Wildman–Crippen LogP) is 4.25. The van der Waals surface area contributed by atoms with Crippen molar-refractivity contribution in [2.45, 2.75) is 13.3 Å². The third-order valence-corrected chi connectivity index (χ3v) is 3.84. The molecule has 0 aliphatic rings. The SMILES string of the molecule is CCCOc1ccc2[nH]cc(C(=O)c3ccsc3)c2c1. The van der Waals surface area contributed by atoms with E-state index in [0.29, 0.717) is 12.2 Å². The molecule has 3 aromatic rings. The molecule has 0 atom stereocenters. The standard InChI is InChI=1S/C16H15NO2S/c1-2-6-19-12-3-4-15-13(8-12)14(9-17-15)16(18)11-5-7-20-10-11/h3-5,7-10,17H,2,6H2,1H3. The van der Waals surface area contributed by atoms with Crippen LogP contribution in [0.1, 0.15) is 29.3 Å². The van der Waals surface area contributed by atoms with Crippen LogP contribution in [0.15, 0.2) is 41.2 Å². The van der Waals surface area contributed by atoms with Gasteiger partial charge in [0.25, 0.3) is 0 Å². The molecule has 0 aliphatic carbocycles. The molecule has 2 heterocycles. The fourth-order valence-corrected chi connectivity index (χ4v) is 2.78. The lowest BCUT2D eigenvalue weighted by molar-refractivity contribution is 0.104. The second-order valence-electron chi connectivity index (χ2n) is 4.60. The van der Waals surface area contributed by atoms with Crippen molar-refractivity contribution in [1.29, 1.82) is 0 Å². The number of ether oxygens (including phenoxy) is 1. The third kappa shape index (κ3) is 2.34. The molecule has 0 bridgehead atoms. The van der Waals surface area contributed by atoms with Gasteiger partial charge in [-0.2, -0.15) is 11.3 Å². The van der Waals surface area contributed by atoms with Gasteiger partial charge >= 0.3 is 0 Å². The van der Waals surface area contributed by atoms with E-state index < -0.39 is 0 Å². The molecular formula is C16H15NO2S. The third-order valence-electron chi connectivity index (χ3n) is 3.15. The van der Waals surface area contributed by atoms with E-state index in [4.69, 9.17) is 4.74 Å². The van der Waals surface area contributed by atoms with Crippen LogP contribution in [-0.2, 0) is 0 Å². The Morgan fingerprint density at radius 3 is 3.00 bits per heavy atom. The lowest BCUT2D eigenvalue weighted by atomic mass is 10.1. The van der Waals surface area contributed by atoms with Crippen LogP contribution in [0, 0.1) is 0 Å². The molecule has 102 valence electrons. The molecular weight excluding hydrogens is 270 g/mol. The highest BCUT2D eigenvalue weighted by atomic mass is 32.1. The highest BCUT2D eigenvalue weighted by molar-refractivity contribution is 7.08. The fourth-order valence-electron chi connectivity index (χ4n) is 2.15. The van der Waals surface area contributed by atoms with E-state index in [9.17, 15) is 4.79 Å². The molecule has 1 N–H and O–H groups in total. The average molecular weight is 285 g/mol. The number of ketones is 1. The number of fused-ring (bicyclic) bond motifs is 1. The summed E-state index contributed by atoms with van der Waals surface area (Å²) in [4.78, 5) is 15.6. The number of aromatic amines is 1. The summed E-state index contributed by atoms with van der Waals surface area (Å²) in [6, 6.07) is 7.66. The minimum absolute atomic E-state index is 0.0464. The normalized spacial score (nSPS) is 10.8. The van der Waals surface area contributed by atoms with E-state index in [0.717, 1.165) is 28.6 Å². The number of aromatic nitrogens is 1. The molecule has 2 aromatic heterocycles. The number of hydrogen-bond donors (Lipinski definition) is 1. The fraction of sp³-hybridized carbons (Fsp3) is 0.188. The van der Waals surface area contributed by atoms with E-state index in [-0.39, 0.29) is 5.78 Å². The second-order valence-corrected chi connectivity index (χ2v) is 5.38. The van der Waals surface area contributed by atoms with Gasteiger partial charge in [0.1, 0.15) is 5.75 Å². The van der Waals surface area contributed by atoms with Crippen LogP contribution in [0.2, 0.25) is 0 Å². The number of hydrogen-bond acceptors (Lipinski definition) is 3. The van der Waals surface area contributed by atoms with Gasteiger partial charge in [-0.05, 0) is 36.1 Å². The van der Waals surface area contributed by atoms with Crippen LogP contribution in [-0.4, -0.2) is 17.4 Å². The van der Waals surface area contributed by atoms with Gasteiger partial charge in [0.15, 0.2) is 5.78 Å². The van der Waals surface area contributed by atoms with Crippen LogP contribution in [0.4, 0.5) is 0 Å². The van der Waals surface area contributed by atoms with Gasteiger partial charge in [0.05, 0.1) is 6.61 Å². The Labute approximate surface area is 121 Å². The van der Waals surface area contributed by atoms with Crippen LogP contribution in [0.25, 0.3) is 10.9 Å². The van der Waals surface area contributed by atoms with Crippen molar-refractivity contribution in [2.24, 2.45) is 0 Å². The van der Waals surface area contributed by atoms with Crippen molar-refractivity contribution in [3.05, 3.63) is 52.3 Å². The number of nitrogens with one attached hydrogen (secondary N) is 1. The molecule has 0 amide bonds. The summed E-state index contributed by atoms with van der Waals surface area (Å²) >= 11 is 1.53. The van der Waals surface area contributed by atoms with E-state index >= 15 is 0 Å². The highest BCUT2D eigenvalue weighted by Crippen LogP contribution is 2.26. The number of rotatable bonds is 5. The van der Waals surface area contributed by atoms with E-state index in [1.807, 2.05) is 35.0 Å². The lowest BCUT2D eigenvalue weighted by Gasteiger charge is -2.04. The van der Waals surface area contributed by atoms with Crippen LogP contribution in [0.3, 0.4) is 0 Å². The van der Waals surface area contributed by atoms with Crippen molar-refractivity contribution in [1.82, 2.24) is 4.98 Å². The molecule has 1 aromatic carbocycles. The van der Waals surface area contributed by atoms with Gasteiger partial charge < -0.3 is 9.72 Å². The molecule has 4 heteroatoms. The first kappa shape index (κ1) is 12.9. The Morgan fingerprint density at radius 1 is 1.35 bits per heavy atom. The summed E-state index contributed by atoms with van der Waals surface area (Å²) in [5, 5.41) is 4.70. The highest BCUT2D eigenvalue weighted by Gasteiger charge is 2.15. The molecule has 3 nitrogen and oxygen atoms in total. The summed E-state index contributed by atoms with van der Waals surface area (Å²) in [7, 11) is 0. The zero-order chi connectivity index (χ0) is 13.9. The average Bonchev–Trinajstić information content (AvgIpc) is 3.13. The van der Waals surface area contributed by atoms with E-state index in [2.05, 4.69) is 11.9 Å². The molecule has 0 spiro atoms. The molecule has 20 heavy (non-hydrogen) atoms.